The number of alkyl halides is 3. The number of carbonyl (C=O) groups excluding carboxylic acids is 1. The van der Waals surface area contributed by atoms with Crippen molar-refractivity contribution < 1.29 is 18.0 Å². The van der Waals surface area contributed by atoms with Crippen molar-refractivity contribution in [3.8, 4) is 0 Å². The molecule has 1 N–H and O–H groups in total. The van der Waals surface area contributed by atoms with Crippen molar-refractivity contribution in [2.75, 3.05) is 13.1 Å². The van der Waals surface area contributed by atoms with E-state index in [4.69, 9.17) is 0 Å². The van der Waals surface area contributed by atoms with E-state index >= 15 is 0 Å². The molecule has 1 aromatic heterocycles. The Hall–Kier alpha value is -2.48. The zero-order valence-electron chi connectivity index (χ0n) is 16.8. The fourth-order valence-electron chi connectivity index (χ4n) is 4.77. The maximum absolute atomic E-state index is 12.9. The first-order valence-electron chi connectivity index (χ1n) is 10.3. The number of carbonyl (C=O) groups is 1. The van der Waals surface area contributed by atoms with Crippen LogP contribution in [0.25, 0.3) is 0 Å². The minimum absolute atomic E-state index is 0.0333. The Morgan fingerprint density at radius 2 is 2.00 bits per heavy atom. The molecule has 2 aliphatic heterocycles. The van der Waals surface area contributed by atoms with Crippen molar-refractivity contribution in [2.45, 2.75) is 50.9 Å². The van der Waals surface area contributed by atoms with Crippen molar-refractivity contribution in [3.05, 3.63) is 59.2 Å². The minimum atomic E-state index is -4.51. The number of aromatic nitrogens is 2. The number of halogens is 3. The molecule has 0 spiro atoms. The summed E-state index contributed by atoms with van der Waals surface area (Å²) in [6.07, 6.45) is -1.50. The van der Waals surface area contributed by atoms with Crippen molar-refractivity contribution in [3.63, 3.8) is 0 Å². The number of hydrogen-bond donors (Lipinski definition) is 1. The number of nitrogens with zero attached hydrogens (tertiary/aromatic N) is 3. The SMILES string of the molecule is Cc1cc(C(F)(F)F)nc(CCNC(=O)[C@@H]2C[C@H](c3ccccc3)N3CCC[C@@H]23)n1. The van der Waals surface area contributed by atoms with Crippen molar-refractivity contribution in [2.24, 2.45) is 5.92 Å². The topological polar surface area (TPSA) is 58.1 Å². The maximum atomic E-state index is 12.9. The Morgan fingerprint density at radius 1 is 1.23 bits per heavy atom. The monoisotopic (exact) mass is 418 g/mol. The van der Waals surface area contributed by atoms with Crippen LogP contribution in [0.3, 0.4) is 0 Å². The van der Waals surface area contributed by atoms with E-state index in [1.165, 1.54) is 12.5 Å². The summed E-state index contributed by atoms with van der Waals surface area (Å²) in [6.45, 7) is 2.72. The smallest absolute Gasteiger partial charge is 0.355 e. The molecule has 4 rings (SSSR count). The fourth-order valence-corrected chi connectivity index (χ4v) is 4.77. The van der Waals surface area contributed by atoms with Crippen LogP contribution in [-0.4, -0.2) is 39.9 Å². The molecule has 2 saturated heterocycles. The Kier molecular flexibility index (Phi) is 5.77. The highest BCUT2D eigenvalue weighted by Gasteiger charge is 2.46. The van der Waals surface area contributed by atoms with Gasteiger partial charge in [-0.1, -0.05) is 30.3 Å². The lowest BCUT2D eigenvalue weighted by molar-refractivity contribution is -0.141. The molecule has 5 nitrogen and oxygen atoms in total. The molecule has 0 unspecified atom stereocenters. The van der Waals surface area contributed by atoms with Gasteiger partial charge in [-0.3, -0.25) is 9.69 Å². The van der Waals surface area contributed by atoms with E-state index in [0.717, 1.165) is 31.9 Å². The Morgan fingerprint density at radius 3 is 2.73 bits per heavy atom. The molecule has 2 aliphatic rings. The summed E-state index contributed by atoms with van der Waals surface area (Å²) in [5.41, 5.74) is 0.550. The van der Waals surface area contributed by atoms with Gasteiger partial charge in [0.15, 0.2) is 0 Å². The van der Waals surface area contributed by atoms with Crippen LogP contribution in [0.4, 0.5) is 13.2 Å². The van der Waals surface area contributed by atoms with E-state index in [-0.39, 0.29) is 48.4 Å². The van der Waals surface area contributed by atoms with E-state index in [1.807, 2.05) is 18.2 Å². The quantitative estimate of drug-likeness (QED) is 0.805. The molecule has 2 aromatic rings. The van der Waals surface area contributed by atoms with Crippen LogP contribution in [0.5, 0.6) is 0 Å². The first-order chi connectivity index (χ1) is 14.3. The van der Waals surface area contributed by atoms with E-state index in [2.05, 4.69) is 32.3 Å². The second-order valence-electron chi connectivity index (χ2n) is 8.07. The highest BCUT2D eigenvalue weighted by atomic mass is 19.4. The summed E-state index contributed by atoms with van der Waals surface area (Å²) in [7, 11) is 0. The highest BCUT2D eigenvalue weighted by molar-refractivity contribution is 5.80. The van der Waals surface area contributed by atoms with E-state index in [0.29, 0.717) is 0 Å². The van der Waals surface area contributed by atoms with Crippen LogP contribution >= 0.6 is 0 Å². The Balaban J connectivity index is 1.38. The number of fused-ring (bicyclic) bond motifs is 1. The largest absolute Gasteiger partial charge is 0.433 e. The van der Waals surface area contributed by atoms with Crippen molar-refractivity contribution in [1.82, 2.24) is 20.2 Å². The predicted molar refractivity (Wildman–Crippen MR) is 106 cm³/mol. The summed E-state index contributed by atoms with van der Waals surface area (Å²) >= 11 is 0. The van der Waals surface area contributed by atoms with Crippen LogP contribution in [0.1, 0.15) is 48.1 Å². The zero-order chi connectivity index (χ0) is 21.3. The van der Waals surface area contributed by atoms with Gasteiger partial charge in [-0.15, -0.1) is 0 Å². The van der Waals surface area contributed by atoms with Crippen LogP contribution < -0.4 is 5.32 Å². The van der Waals surface area contributed by atoms with Gasteiger partial charge in [0.2, 0.25) is 5.91 Å². The van der Waals surface area contributed by atoms with Gasteiger partial charge in [0, 0.05) is 30.7 Å². The molecule has 3 heterocycles. The molecule has 8 heteroatoms. The van der Waals surface area contributed by atoms with E-state index in [9.17, 15) is 18.0 Å². The number of rotatable bonds is 5. The van der Waals surface area contributed by atoms with Crippen molar-refractivity contribution in [1.29, 1.82) is 0 Å². The van der Waals surface area contributed by atoms with Gasteiger partial charge in [0.05, 0.1) is 5.92 Å². The third kappa shape index (κ3) is 4.33. The lowest BCUT2D eigenvalue weighted by atomic mass is 9.93. The summed E-state index contributed by atoms with van der Waals surface area (Å²) in [4.78, 5) is 23.0. The lowest BCUT2D eigenvalue weighted by Gasteiger charge is -2.24. The van der Waals surface area contributed by atoms with E-state index < -0.39 is 11.9 Å². The third-order valence-electron chi connectivity index (χ3n) is 6.04. The molecule has 3 atom stereocenters. The molecule has 0 radical (unpaired) electrons. The van der Waals surface area contributed by atoms with Crippen LogP contribution in [-0.2, 0) is 17.4 Å². The minimum Gasteiger partial charge on any atom is -0.355 e. The second-order valence-corrected chi connectivity index (χ2v) is 8.07. The molecule has 2 fully saturated rings. The molecule has 1 aromatic carbocycles. The molecular weight excluding hydrogens is 393 g/mol. The van der Waals surface area contributed by atoms with Crippen molar-refractivity contribution >= 4 is 5.91 Å². The van der Waals surface area contributed by atoms with Gasteiger partial charge in [-0.2, -0.15) is 13.2 Å². The van der Waals surface area contributed by atoms with Crippen LogP contribution in [0.15, 0.2) is 36.4 Å². The van der Waals surface area contributed by atoms with Gasteiger partial charge in [0.1, 0.15) is 11.5 Å². The third-order valence-corrected chi connectivity index (χ3v) is 6.04. The summed E-state index contributed by atoms with van der Waals surface area (Å²) in [5, 5.41) is 2.91. The molecule has 30 heavy (non-hydrogen) atoms. The number of benzene rings is 1. The molecule has 0 aliphatic carbocycles. The Bertz CT molecular complexity index is 903. The lowest BCUT2D eigenvalue weighted by Crippen LogP contribution is -2.38. The Labute approximate surface area is 173 Å². The van der Waals surface area contributed by atoms with Gasteiger partial charge >= 0.3 is 6.18 Å². The molecule has 0 bridgehead atoms. The summed E-state index contributed by atoms with van der Waals surface area (Å²) in [6, 6.07) is 11.6. The number of aryl methyl sites for hydroxylation is 1. The molecule has 160 valence electrons. The normalized spacial score (nSPS) is 24.1. The molecular formula is C22H25F3N4O. The second kappa shape index (κ2) is 8.34. The highest BCUT2D eigenvalue weighted by Crippen LogP contribution is 2.44. The number of hydrogen-bond acceptors (Lipinski definition) is 4. The van der Waals surface area contributed by atoms with Crippen LogP contribution in [0, 0.1) is 12.8 Å². The van der Waals surface area contributed by atoms with E-state index in [1.54, 1.807) is 0 Å². The maximum Gasteiger partial charge on any atom is 0.433 e. The zero-order valence-corrected chi connectivity index (χ0v) is 16.8. The molecule has 1 amide bonds. The van der Waals surface area contributed by atoms with Gasteiger partial charge < -0.3 is 5.32 Å². The average molecular weight is 418 g/mol. The first kappa shape index (κ1) is 20.8. The van der Waals surface area contributed by atoms with Gasteiger partial charge in [-0.25, -0.2) is 9.97 Å². The predicted octanol–water partition coefficient (Wildman–Crippen LogP) is 3.69. The number of amides is 1. The summed E-state index contributed by atoms with van der Waals surface area (Å²) in [5.74, 6) is -0.0467. The van der Waals surface area contributed by atoms with Gasteiger partial charge in [0.25, 0.3) is 0 Å². The average Bonchev–Trinajstić information content (AvgIpc) is 3.30. The molecule has 0 saturated carbocycles. The number of nitrogens with one attached hydrogen (secondary N) is 1. The standard InChI is InChI=1S/C22H25F3N4O/c1-14-12-19(22(23,24)25)28-20(27-14)9-10-26-21(30)16-13-18(15-6-3-2-4-7-15)29-11-5-8-17(16)29/h2-4,6-7,12,16-18H,5,8-11,13H2,1H3,(H,26,30)/t16-,17+,18-/m1/s1. The van der Waals surface area contributed by atoms with Crippen LogP contribution in [0.2, 0.25) is 0 Å². The summed E-state index contributed by atoms with van der Waals surface area (Å²) < 4.78 is 38.8. The first-order valence-corrected chi connectivity index (χ1v) is 10.3. The fraction of sp³-hybridized carbons (Fsp3) is 0.500. The van der Waals surface area contributed by atoms with Gasteiger partial charge in [-0.05, 0) is 44.4 Å².